The van der Waals surface area contributed by atoms with Gasteiger partial charge in [-0.15, -0.1) is 0 Å². The molecule has 0 aromatic carbocycles. The van der Waals surface area contributed by atoms with Gasteiger partial charge in [0.05, 0.1) is 0 Å². The molecular formula is C15H27F3N2. The van der Waals surface area contributed by atoms with Crippen LogP contribution in [-0.4, -0.2) is 12.2 Å². The summed E-state index contributed by atoms with van der Waals surface area (Å²) in [6, 6.07) is 0.0558. The molecule has 2 fully saturated rings. The Morgan fingerprint density at radius 1 is 1.05 bits per heavy atom. The molecule has 0 aromatic heterocycles. The predicted molar refractivity (Wildman–Crippen MR) is 73.8 cm³/mol. The summed E-state index contributed by atoms with van der Waals surface area (Å²) in [6.45, 7) is 0. The molecule has 2 aliphatic rings. The highest BCUT2D eigenvalue weighted by Crippen LogP contribution is 2.44. The Hall–Kier alpha value is -0.290. The number of nitrogens with two attached hydrogens (primary N) is 1. The van der Waals surface area contributed by atoms with E-state index >= 15 is 0 Å². The van der Waals surface area contributed by atoms with E-state index < -0.39 is 12.6 Å². The molecule has 20 heavy (non-hydrogen) atoms. The first kappa shape index (κ1) is 16.1. The van der Waals surface area contributed by atoms with Crippen molar-refractivity contribution in [3.05, 3.63) is 0 Å². The zero-order valence-electron chi connectivity index (χ0n) is 12.1. The van der Waals surface area contributed by atoms with Gasteiger partial charge < -0.3 is 0 Å². The van der Waals surface area contributed by atoms with E-state index in [1.165, 1.54) is 32.1 Å². The monoisotopic (exact) mass is 292 g/mol. The van der Waals surface area contributed by atoms with Crippen LogP contribution in [0.3, 0.4) is 0 Å². The molecular weight excluding hydrogens is 265 g/mol. The van der Waals surface area contributed by atoms with Gasteiger partial charge in [-0.25, -0.2) is 0 Å². The van der Waals surface area contributed by atoms with Crippen LogP contribution in [0.15, 0.2) is 0 Å². The summed E-state index contributed by atoms with van der Waals surface area (Å²) in [5, 5.41) is 0. The lowest BCUT2D eigenvalue weighted by Crippen LogP contribution is -2.44. The van der Waals surface area contributed by atoms with Crippen molar-refractivity contribution >= 4 is 0 Å². The second kappa shape index (κ2) is 7.12. The second-order valence-corrected chi connectivity index (χ2v) is 6.66. The van der Waals surface area contributed by atoms with E-state index in [0.29, 0.717) is 12.3 Å². The number of fused-ring (bicyclic) bond motifs is 1. The van der Waals surface area contributed by atoms with Gasteiger partial charge in [0, 0.05) is 12.5 Å². The molecule has 0 aromatic rings. The van der Waals surface area contributed by atoms with Crippen LogP contribution in [0.4, 0.5) is 13.2 Å². The Bertz CT molecular complexity index is 293. The molecule has 0 saturated heterocycles. The van der Waals surface area contributed by atoms with Crippen LogP contribution in [0.25, 0.3) is 0 Å². The second-order valence-electron chi connectivity index (χ2n) is 6.66. The zero-order valence-corrected chi connectivity index (χ0v) is 12.1. The van der Waals surface area contributed by atoms with Crippen LogP contribution in [0, 0.1) is 17.8 Å². The van der Waals surface area contributed by atoms with Gasteiger partial charge in [0.15, 0.2) is 0 Å². The third-order valence-corrected chi connectivity index (χ3v) is 5.34. The summed E-state index contributed by atoms with van der Waals surface area (Å²) >= 11 is 0. The minimum Gasteiger partial charge on any atom is -0.271 e. The lowest BCUT2D eigenvalue weighted by molar-refractivity contribution is -0.136. The Morgan fingerprint density at radius 3 is 2.40 bits per heavy atom. The van der Waals surface area contributed by atoms with E-state index in [2.05, 4.69) is 5.43 Å². The molecule has 2 rings (SSSR count). The van der Waals surface area contributed by atoms with Gasteiger partial charge in [-0.05, 0) is 49.9 Å². The zero-order chi connectivity index (χ0) is 14.6. The Kier molecular flexibility index (Phi) is 5.73. The molecule has 2 aliphatic carbocycles. The van der Waals surface area contributed by atoms with Crippen LogP contribution in [-0.2, 0) is 0 Å². The first-order chi connectivity index (χ1) is 9.49. The van der Waals surface area contributed by atoms with Crippen LogP contribution < -0.4 is 11.3 Å². The molecule has 0 bridgehead atoms. The summed E-state index contributed by atoms with van der Waals surface area (Å²) < 4.78 is 36.7. The number of alkyl halides is 3. The molecule has 4 atom stereocenters. The van der Waals surface area contributed by atoms with Crippen molar-refractivity contribution in [3.8, 4) is 0 Å². The van der Waals surface area contributed by atoms with Crippen molar-refractivity contribution < 1.29 is 13.2 Å². The number of hydrazine groups is 1. The largest absolute Gasteiger partial charge is 0.389 e. The quantitative estimate of drug-likeness (QED) is 0.590. The molecule has 3 N–H and O–H groups in total. The smallest absolute Gasteiger partial charge is 0.271 e. The summed E-state index contributed by atoms with van der Waals surface area (Å²) in [5.74, 6) is 7.72. The van der Waals surface area contributed by atoms with E-state index in [0.717, 1.165) is 24.7 Å². The standard InChI is InChI=1S/C15H27F3N2/c16-15(17,18)9-3-6-14(20-19)13-8-7-11-4-1-2-5-12(11)10-13/h11-14,20H,1-10,19H2. The predicted octanol–water partition coefficient (Wildman–Crippen LogP) is 4.16. The van der Waals surface area contributed by atoms with Gasteiger partial charge >= 0.3 is 6.18 Å². The van der Waals surface area contributed by atoms with Gasteiger partial charge in [0.2, 0.25) is 0 Å². The molecule has 2 nitrogen and oxygen atoms in total. The fourth-order valence-corrected chi connectivity index (χ4v) is 4.25. The Labute approximate surface area is 119 Å². The SMILES string of the molecule is NNC(CCCC(F)(F)F)C1CCC2CCCCC2C1. The van der Waals surface area contributed by atoms with Crippen LogP contribution in [0.5, 0.6) is 0 Å². The van der Waals surface area contributed by atoms with E-state index in [1.807, 2.05) is 0 Å². The maximum absolute atomic E-state index is 12.2. The highest BCUT2D eigenvalue weighted by atomic mass is 19.4. The van der Waals surface area contributed by atoms with E-state index in [-0.39, 0.29) is 12.5 Å². The summed E-state index contributed by atoms with van der Waals surface area (Å²) in [7, 11) is 0. The maximum Gasteiger partial charge on any atom is 0.389 e. The van der Waals surface area contributed by atoms with Crippen LogP contribution in [0.2, 0.25) is 0 Å². The van der Waals surface area contributed by atoms with E-state index in [9.17, 15) is 13.2 Å². The molecule has 0 heterocycles. The number of nitrogens with one attached hydrogen (secondary N) is 1. The van der Waals surface area contributed by atoms with Gasteiger partial charge in [-0.3, -0.25) is 11.3 Å². The molecule has 4 unspecified atom stereocenters. The first-order valence-corrected chi connectivity index (χ1v) is 8.02. The van der Waals surface area contributed by atoms with Gasteiger partial charge in [0.25, 0.3) is 0 Å². The molecule has 0 aliphatic heterocycles. The molecule has 0 spiro atoms. The highest BCUT2D eigenvalue weighted by molar-refractivity contribution is 4.87. The third-order valence-electron chi connectivity index (χ3n) is 5.34. The molecule has 0 radical (unpaired) electrons. The lowest BCUT2D eigenvalue weighted by Gasteiger charge is -2.42. The van der Waals surface area contributed by atoms with Gasteiger partial charge in [-0.1, -0.05) is 25.7 Å². The van der Waals surface area contributed by atoms with Gasteiger partial charge in [0.1, 0.15) is 0 Å². The Morgan fingerprint density at radius 2 is 1.75 bits per heavy atom. The summed E-state index contributed by atoms with van der Waals surface area (Å²) in [6.07, 6.45) is 4.86. The minimum absolute atomic E-state index is 0.0558. The lowest BCUT2D eigenvalue weighted by atomic mass is 9.66. The minimum atomic E-state index is -4.04. The van der Waals surface area contributed by atoms with Crippen molar-refractivity contribution in [3.63, 3.8) is 0 Å². The average Bonchev–Trinajstić information content (AvgIpc) is 2.42. The van der Waals surface area contributed by atoms with Crippen molar-refractivity contribution in [1.82, 2.24) is 5.43 Å². The molecule has 118 valence electrons. The topological polar surface area (TPSA) is 38.0 Å². The van der Waals surface area contributed by atoms with Crippen molar-refractivity contribution in [2.24, 2.45) is 23.6 Å². The van der Waals surface area contributed by atoms with Crippen LogP contribution >= 0.6 is 0 Å². The Balaban J connectivity index is 1.79. The fourth-order valence-electron chi connectivity index (χ4n) is 4.25. The number of hydrogen-bond donors (Lipinski definition) is 2. The number of halogens is 3. The van der Waals surface area contributed by atoms with Crippen molar-refractivity contribution in [2.45, 2.75) is 76.4 Å². The van der Waals surface area contributed by atoms with E-state index in [4.69, 9.17) is 5.84 Å². The maximum atomic E-state index is 12.2. The third kappa shape index (κ3) is 4.62. The van der Waals surface area contributed by atoms with Crippen molar-refractivity contribution in [2.75, 3.05) is 0 Å². The average molecular weight is 292 g/mol. The fraction of sp³-hybridized carbons (Fsp3) is 1.00. The van der Waals surface area contributed by atoms with E-state index in [1.54, 1.807) is 0 Å². The summed E-state index contributed by atoms with van der Waals surface area (Å²) in [4.78, 5) is 0. The van der Waals surface area contributed by atoms with Crippen LogP contribution in [0.1, 0.15) is 64.2 Å². The number of hydrogen-bond acceptors (Lipinski definition) is 2. The highest BCUT2D eigenvalue weighted by Gasteiger charge is 2.35. The number of rotatable bonds is 5. The summed E-state index contributed by atoms with van der Waals surface area (Å²) in [5.41, 5.74) is 2.79. The van der Waals surface area contributed by atoms with Crippen molar-refractivity contribution in [1.29, 1.82) is 0 Å². The first-order valence-electron chi connectivity index (χ1n) is 8.02. The normalized spacial score (nSPS) is 32.7. The molecule has 5 heteroatoms. The van der Waals surface area contributed by atoms with Gasteiger partial charge in [-0.2, -0.15) is 13.2 Å². The molecule has 2 saturated carbocycles. The molecule has 0 amide bonds.